The molecule has 0 aliphatic heterocycles. The SMILES string of the molecule is Cc1cc(Nc2ccc(C(=O)Nc3ccccc3Oc3ccccc3)cn2)no1. The van der Waals surface area contributed by atoms with Gasteiger partial charge < -0.3 is 19.9 Å². The van der Waals surface area contributed by atoms with Gasteiger partial charge in [0.2, 0.25) is 0 Å². The van der Waals surface area contributed by atoms with E-state index in [-0.39, 0.29) is 5.91 Å². The molecule has 2 aromatic heterocycles. The van der Waals surface area contributed by atoms with Crippen LogP contribution in [0.2, 0.25) is 0 Å². The standard InChI is InChI=1S/C22H18N4O3/c1-15-13-21(26-29-15)25-20-12-11-16(14-23-20)22(27)24-18-9-5-6-10-19(18)28-17-7-3-2-4-8-17/h2-14H,1H3,(H,24,27)(H,23,25,26). The number of benzene rings is 2. The molecule has 4 rings (SSSR count). The Bertz CT molecular complexity index is 1110. The van der Waals surface area contributed by atoms with Crippen molar-refractivity contribution < 1.29 is 14.1 Å². The summed E-state index contributed by atoms with van der Waals surface area (Å²) < 4.78 is 10.9. The number of aromatic nitrogens is 2. The van der Waals surface area contributed by atoms with Crippen LogP contribution >= 0.6 is 0 Å². The van der Waals surface area contributed by atoms with Gasteiger partial charge in [-0.15, -0.1) is 0 Å². The lowest BCUT2D eigenvalue weighted by atomic mass is 10.2. The number of para-hydroxylation sites is 3. The molecule has 0 aliphatic carbocycles. The van der Waals surface area contributed by atoms with Gasteiger partial charge in [0.25, 0.3) is 5.91 Å². The third-order valence-corrected chi connectivity index (χ3v) is 4.02. The lowest BCUT2D eigenvalue weighted by molar-refractivity contribution is 0.102. The first-order valence-electron chi connectivity index (χ1n) is 8.97. The van der Waals surface area contributed by atoms with Gasteiger partial charge >= 0.3 is 0 Å². The van der Waals surface area contributed by atoms with Crippen LogP contribution in [0.5, 0.6) is 11.5 Å². The monoisotopic (exact) mass is 386 g/mol. The summed E-state index contributed by atoms with van der Waals surface area (Å²) in [6.45, 7) is 1.80. The summed E-state index contributed by atoms with van der Waals surface area (Å²) in [5.41, 5.74) is 0.989. The molecular weight excluding hydrogens is 368 g/mol. The predicted molar refractivity (Wildman–Crippen MR) is 110 cm³/mol. The van der Waals surface area contributed by atoms with E-state index in [4.69, 9.17) is 9.26 Å². The van der Waals surface area contributed by atoms with Crippen LogP contribution in [-0.4, -0.2) is 16.0 Å². The lowest BCUT2D eigenvalue weighted by Crippen LogP contribution is -2.13. The summed E-state index contributed by atoms with van der Waals surface area (Å²) in [7, 11) is 0. The second kappa shape index (κ2) is 8.26. The first-order valence-corrected chi connectivity index (χ1v) is 8.97. The Morgan fingerprint density at radius 3 is 2.48 bits per heavy atom. The third-order valence-electron chi connectivity index (χ3n) is 4.02. The highest BCUT2D eigenvalue weighted by Crippen LogP contribution is 2.29. The van der Waals surface area contributed by atoms with E-state index in [0.29, 0.717) is 40.1 Å². The number of pyridine rings is 1. The van der Waals surface area contributed by atoms with E-state index in [1.54, 1.807) is 37.3 Å². The van der Waals surface area contributed by atoms with Crippen LogP contribution in [-0.2, 0) is 0 Å². The molecule has 0 saturated carbocycles. The summed E-state index contributed by atoms with van der Waals surface area (Å²) >= 11 is 0. The number of anilines is 3. The number of amides is 1. The van der Waals surface area contributed by atoms with E-state index in [1.165, 1.54) is 6.20 Å². The maximum Gasteiger partial charge on any atom is 0.257 e. The quantitative estimate of drug-likeness (QED) is 0.475. The molecule has 1 amide bonds. The van der Waals surface area contributed by atoms with Gasteiger partial charge in [-0.25, -0.2) is 4.98 Å². The molecule has 0 saturated heterocycles. The van der Waals surface area contributed by atoms with Gasteiger partial charge in [-0.1, -0.05) is 35.5 Å². The van der Waals surface area contributed by atoms with Crippen LogP contribution in [0.25, 0.3) is 0 Å². The summed E-state index contributed by atoms with van der Waals surface area (Å²) in [6, 6.07) is 21.8. The number of hydrogen-bond donors (Lipinski definition) is 2. The molecule has 7 heteroatoms. The smallest absolute Gasteiger partial charge is 0.257 e. The Kier molecular flexibility index (Phi) is 5.20. The second-order valence-corrected chi connectivity index (χ2v) is 6.25. The molecule has 7 nitrogen and oxygen atoms in total. The number of carbonyl (C=O) groups is 1. The van der Waals surface area contributed by atoms with Crippen LogP contribution in [0.15, 0.2) is 83.5 Å². The van der Waals surface area contributed by atoms with E-state index in [9.17, 15) is 4.79 Å². The maximum absolute atomic E-state index is 12.6. The molecule has 0 aliphatic rings. The molecule has 0 bridgehead atoms. The molecule has 29 heavy (non-hydrogen) atoms. The average Bonchev–Trinajstić information content (AvgIpc) is 3.15. The Morgan fingerprint density at radius 2 is 1.76 bits per heavy atom. The molecule has 2 N–H and O–H groups in total. The first-order chi connectivity index (χ1) is 14.2. The summed E-state index contributed by atoms with van der Waals surface area (Å²) in [6.07, 6.45) is 1.49. The van der Waals surface area contributed by atoms with Gasteiger partial charge in [0.05, 0.1) is 11.3 Å². The minimum absolute atomic E-state index is 0.287. The highest BCUT2D eigenvalue weighted by Gasteiger charge is 2.11. The zero-order chi connectivity index (χ0) is 20.1. The van der Waals surface area contributed by atoms with Gasteiger partial charge in [0.1, 0.15) is 17.3 Å². The Hall–Kier alpha value is -4.13. The molecule has 2 aromatic carbocycles. The van der Waals surface area contributed by atoms with E-state index < -0.39 is 0 Å². The second-order valence-electron chi connectivity index (χ2n) is 6.25. The van der Waals surface area contributed by atoms with Crippen molar-refractivity contribution in [2.75, 3.05) is 10.6 Å². The molecule has 0 spiro atoms. The number of carbonyl (C=O) groups excluding carboxylic acids is 1. The van der Waals surface area contributed by atoms with Crippen LogP contribution in [0.1, 0.15) is 16.1 Å². The number of aryl methyl sites for hydroxylation is 1. The maximum atomic E-state index is 12.6. The zero-order valence-electron chi connectivity index (χ0n) is 15.6. The number of nitrogens with one attached hydrogen (secondary N) is 2. The minimum Gasteiger partial charge on any atom is -0.455 e. The van der Waals surface area contributed by atoms with Crippen LogP contribution in [0, 0.1) is 6.92 Å². The molecule has 0 atom stereocenters. The van der Waals surface area contributed by atoms with E-state index in [0.717, 1.165) is 0 Å². The van der Waals surface area contributed by atoms with Gasteiger partial charge in [-0.3, -0.25) is 4.79 Å². The Morgan fingerprint density at radius 1 is 0.966 bits per heavy atom. The van der Waals surface area contributed by atoms with Crippen molar-refractivity contribution in [1.82, 2.24) is 10.1 Å². The summed E-state index contributed by atoms with van der Waals surface area (Å²) in [4.78, 5) is 16.9. The van der Waals surface area contributed by atoms with Gasteiger partial charge in [0.15, 0.2) is 11.6 Å². The normalized spacial score (nSPS) is 10.4. The first kappa shape index (κ1) is 18.2. The van der Waals surface area contributed by atoms with Crippen molar-refractivity contribution in [2.24, 2.45) is 0 Å². The molecule has 2 heterocycles. The van der Waals surface area contributed by atoms with Crippen LogP contribution < -0.4 is 15.4 Å². The molecule has 144 valence electrons. The van der Waals surface area contributed by atoms with Crippen LogP contribution in [0.3, 0.4) is 0 Å². The molecule has 0 radical (unpaired) electrons. The highest BCUT2D eigenvalue weighted by atomic mass is 16.5. The fourth-order valence-corrected chi connectivity index (χ4v) is 2.63. The van der Waals surface area contributed by atoms with Crippen molar-refractivity contribution in [1.29, 1.82) is 0 Å². The van der Waals surface area contributed by atoms with E-state index in [1.807, 2.05) is 42.5 Å². The summed E-state index contributed by atoms with van der Waals surface area (Å²) in [5.74, 6) is 2.77. The minimum atomic E-state index is -0.287. The Labute approximate surface area is 167 Å². The molecule has 0 unspecified atom stereocenters. The van der Waals surface area contributed by atoms with Gasteiger partial charge in [-0.05, 0) is 43.3 Å². The fourth-order valence-electron chi connectivity index (χ4n) is 2.63. The third kappa shape index (κ3) is 4.59. The van der Waals surface area contributed by atoms with Gasteiger partial charge in [0, 0.05) is 12.3 Å². The number of rotatable bonds is 6. The zero-order valence-corrected chi connectivity index (χ0v) is 15.6. The molecule has 0 fully saturated rings. The molecular formula is C22H18N4O3. The number of nitrogens with zero attached hydrogens (tertiary/aromatic N) is 2. The fraction of sp³-hybridized carbons (Fsp3) is 0.0455. The van der Waals surface area contributed by atoms with Gasteiger partial charge in [-0.2, -0.15) is 0 Å². The van der Waals surface area contributed by atoms with Crippen LogP contribution in [0.4, 0.5) is 17.3 Å². The van der Waals surface area contributed by atoms with Crippen molar-refractivity contribution in [3.05, 3.63) is 90.3 Å². The van der Waals surface area contributed by atoms with Crippen molar-refractivity contribution in [3.8, 4) is 11.5 Å². The topological polar surface area (TPSA) is 89.3 Å². The van der Waals surface area contributed by atoms with Crippen molar-refractivity contribution >= 4 is 23.2 Å². The summed E-state index contributed by atoms with van der Waals surface area (Å²) in [5, 5.41) is 9.73. The lowest BCUT2D eigenvalue weighted by Gasteiger charge is -2.12. The van der Waals surface area contributed by atoms with Crippen molar-refractivity contribution in [2.45, 2.75) is 6.92 Å². The number of ether oxygens (including phenoxy) is 1. The highest BCUT2D eigenvalue weighted by molar-refractivity contribution is 6.05. The molecule has 4 aromatic rings. The average molecular weight is 386 g/mol. The van der Waals surface area contributed by atoms with Crippen molar-refractivity contribution in [3.63, 3.8) is 0 Å². The largest absolute Gasteiger partial charge is 0.455 e. The predicted octanol–water partition coefficient (Wildman–Crippen LogP) is 5.17. The Balaban J connectivity index is 1.45. The number of hydrogen-bond acceptors (Lipinski definition) is 6. The van der Waals surface area contributed by atoms with E-state index in [2.05, 4.69) is 20.8 Å². The van der Waals surface area contributed by atoms with E-state index >= 15 is 0 Å².